The van der Waals surface area contributed by atoms with Gasteiger partial charge in [0, 0.05) is 12.6 Å². The molecule has 3 nitrogen and oxygen atoms in total. The molecule has 1 amide bonds. The van der Waals surface area contributed by atoms with Crippen molar-refractivity contribution in [3.05, 3.63) is 0 Å². The Morgan fingerprint density at radius 1 is 1.67 bits per heavy atom. The minimum absolute atomic E-state index is 0.0445. The molecule has 70 valence electrons. The van der Waals surface area contributed by atoms with E-state index in [1.165, 1.54) is 0 Å². The number of rotatable bonds is 2. The fourth-order valence-electron chi connectivity index (χ4n) is 1.66. The van der Waals surface area contributed by atoms with E-state index in [0.717, 1.165) is 32.2 Å². The van der Waals surface area contributed by atoms with Gasteiger partial charge in [0.15, 0.2) is 0 Å². The molecule has 0 aromatic rings. The van der Waals surface area contributed by atoms with E-state index in [-0.39, 0.29) is 17.9 Å². The maximum absolute atomic E-state index is 11.4. The third kappa shape index (κ3) is 2.21. The summed E-state index contributed by atoms with van der Waals surface area (Å²) >= 11 is 0. The highest BCUT2D eigenvalue weighted by molar-refractivity contribution is 5.79. The van der Waals surface area contributed by atoms with Gasteiger partial charge in [-0.2, -0.15) is 0 Å². The third-order valence-electron chi connectivity index (χ3n) is 2.57. The van der Waals surface area contributed by atoms with E-state index in [4.69, 9.17) is 5.73 Å². The molecule has 0 aromatic heterocycles. The highest BCUT2D eigenvalue weighted by Gasteiger charge is 2.25. The van der Waals surface area contributed by atoms with Crippen LogP contribution in [0.25, 0.3) is 0 Å². The topological polar surface area (TPSA) is 55.1 Å². The van der Waals surface area contributed by atoms with E-state index in [2.05, 4.69) is 5.32 Å². The molecular weight excluding hydrogens is 152 g/mol. The molecule has 1 saturated heterocycles. The monoisotopic (exact) mass is 170 g/mol. The molecule has 0 aliphatic carbocycles. The van der Waals surface area contributed by atoms with Crippen LogP contribution in [0, 0.1) is 5.92 Å². The molecule has 1 aliphatic rings. The lowest BCUT2D eigenvalue weighted by Crippen LogP contribution is -2.40. The molecule has 3 heteroatoms. The van der Waals surface area contributed by atoms with Gasteiger partial charge in [0.1, 0.15) is 0 Å². The summed E-state index contributed by atoms with van der Waals surface area (Å²) in [6, 6.07) is 0.0445. The summed E-state index contributed by atoms with van der Waals surface area (Å²) in [5.74, 6) is 0.208. The average Bonchev–Trinajstić information content (AvgIpc) is 2.28. The Bertz CT molecular complexity index is 159. The Morgan fingerprint density at radius 3 is 3.08 bits per heavy atom. The third-order valence-corrected chi connectivity index (χ3v) is 2.57. The zero-order valence-corrected chi connectivity index (χ0v) is 7.68. The molecule has 0 unspecified atom stereocenters. The lowest BCUT2D eigenvalue weighted by molar-refractivity contribution is -0.125. The van der Waals surface area contributed by atoms with Crippen LogP contribution in [-0.4, -0.2) is 18.5 Å². The molecule has 12 heavy (non-hydrogen) atoms. The van der Waals surface area contributed by atoms with Crippen LogP contribution in [-0.2, 0) is 4.79 Å². The van der Waals surface area contributed by atoms with Gasteiger partial charge in [-0.15, -0.1) is 0 Å². The van der Waals surface area contributed by atoms with Crippen molar-refractivity contribution >= 4 is 5.91 Å². The molecule has 2 atom stereocenters. The van der Waals surface area contributed by atoms with Crippen LogP contribution in [0.2, 0.25) is 0 Å². The summed E-state index contributed by atoms with van der Waals surface area (Å²) in [5.41, 5.74) is 5.85. The number of nitrogens with two attached hydrogens (primary N) is 1. The minimum Gasteiger partial charge on any atom is -0.356 e. The number of amides is 1. The van der Waals surface area contributed by atoms with E-state index in [1.807, 2.05) is 6.92 Å². The number of carbonyl (C=O) groups is 1. The lowest BCUT2D eigenvalue weighted by Gasteiger charge is -2.18. The zero-order valence-electron chi connectivity index (χ0n) is 7.68. The first-order valence-electron chi connectivity index (χ1n) is 4.79. The van der Waals surface area contributed by atoms with Gasteiger partial charge in [-0.05, 0) is 19.3 Å². The first-order chi connectivity index (χ1) is 5.75. The highest BCUT2D eigenvalue weighted by atomic mass is 16.1. The van der Waals surface area contributed by atoms with Crippen molar-refractivity contribution < 1.29 is 4.79 Å². The summed E-state index contributed by atoms with van der Waals surface area (Å²) in [7, 11) is 0. The molecular formula is C9H18N2O. The molecule has 0 saturated carbocycles. The summed E-state index contributed by atoms with van der Waals surface area (Å²) < 4.78 is 0. The van der Waals surface area contributed by atoms with Crippen molar-refractivity contribution in [1.82, 2.24) is 5.32 Å². The van der Waals surface area contributed by atoms with Crippen LogP contribution in [0.15, 0.2) is 0 Å². The smallest absolute Gasteiger partial charge is 0.224 e. The Hall–Kier alpha value is -0.570. The Labute approximate surface area is 73.7 Å². The van der Waals surface area contributed by atoms with Gasteiger partial charge >= 0.3 is 0 Å². The normalized spacial score (nSPS) is 27.5. The zero-order chi connectivity index (χ0) is 8.97. The number of nitrogens with one attached hydrogen (secondary N) is 1. The van der Waals surface area contributed by atoms with Crippen molar-refractivity contribution in [3.63, 3.8) is 0 Å². The second kappa shape index (κ2) is 4.45. The van der Waals surface area contributed by atoms with Gasteiger partial charge in [-0.1, -0.05) is 13.3 Å². The van der Waals surface area contributed by atoms with Crippen molar-refractivity contribution in [1.29, 1.82) is 0 Å². The van der Waals surface area contributed by atoms with Gasteiger partial charge in [0.25, 0.3) is 0 Å². The number of carbonyl (C=O) groups excluding carboxylic acids is 1. The molecule has 1 heterocycles. The predicted octanol–water partition coefficient (Wildman–Crippen LogP) is 0.640. The van der Waals surface area contributed by atoms with Crippen molar-refractivity contribution in [2.75, 3.05) is 6.54 Å². The highest BCUT2D eigenvalue weighted by Crippen LogP contribution is 2.16. The lowest BCUT2D eigenvalue weighted by atomic mass is 9.93. The van der Waals surface area contributed by atoms with E-state index in [1.54, 1.807) is 0 Å². The molecule has 0 bridgehead atoms. The molecule has 1 rings (SSSR count). The Kier molecular flexibility index (Phi) is 3.53. The standard InChI is InChI=1S/C9H18N2O/c1-2-8(10)7-5-3-4-6-11-9(7)12/h7-8H,2-6,10H2,1H3,(H,11,12)/t7-,8+/m1/s1. The maximum Gasteiger partial charge on any atom is 0.224 e. The van der Waals surface area contributed by atoms with Crippen LogP contribution in [0.5, 0.6) is 0 Å². The Balaban J connectivity index is 2.52. The van der Waals surface area contributed by atoms with E-state index in [0.29, 0.717) is 0 Å². The second-order valence-electron chi connectivity index (χ2n) is 3.47. The van der Waals surface area contributed by atoms with E-state index < -0.39 is 0 Å². The summed E-state index contributed by atoms with van der Waals surface area (Å²) in [4.78, 5) is 11.4. The first kappa shape index (κ1) is 9.52. The van der Waals surface area contributed by atoms with Crippen molar-refractivity contribution in [2.45, 2.75) is 38.6 Å². The van der Waals surface area contributed by atoms with Crippen LogP contribution in [0.1, 0.15) is 32.6 Å². The SMILES string of the molecule is CC[C@H](N)[C@H]1CCCCNC1=O. The molecule has 1 aliphatic heterocycles. The van der Waals surface area contributed by atoms with Crippen LogP contribution in [0.3, 0.4) is 0 Å². The van der Waals surface area contributed by atoms with Crippen LogP contribution >= 0.6 is 0 Å². The van der Waals surface area contributed by atoms with Crippen LogP contribution in [0.4, 0.5) is 0 Å². The van der Waals surface area contributed by atoms with Crippen molar-refractivity contribution in [3.8, 4) is 0 Å². The fourth-order valence-corrected chi connectivity index (χ4v) is 1.66. The van der Waals surface area contributed by atoms with E-state index in [9.17, 15) is 4.79 Å². The molecule has 1 fully saturated rings. The fraction of sp³-hybridized carbons (Fsp3) is 0.889. The van der Waals surface area contributed by atoms with Gasteiger partial charge in [0.05, 0.1) is 5.92 Å². The Morgan fingerprint density at radius 2 is 2.42 bits per heavy atom. The summed E-state index contributed by atoms with van der Waals surface area (Å²) in [6.45, 7) is 2.86. The number of hydrogen-bond donors (Lipinski definition) is 2. The van der Waals surface area contributed by atoms with Gasteiger partial charge in [-0.25, -0.2) is 0 Å². The first-order valence-corrected chi connectivity index (χ1v) is 4.79. The second-order valence-corrected chi connectivity index (χ2v) is 3.47. The van der Waals surface area contributed by atoms with Crippen molar-refractivity contribution in [2.24, 2.45) is 11.7 Å². The largest absolute Gasteiger partial charge is 0.356 e. The van der Waals surface area contributed by atoms with Gasteiger partial charge in [0.2, 0.25) is 5.91 Å². The maximum atomic E-state index is 11.4. The molecule has 0 radical (unpaired) electrons. The van der Waals surface area contributed by atoms with Crippen LogP contribution < -0.4 is 11.1 Å². The molecule has 0 aromatic carbocycles. The summed E-state index contributed by atoms with van der Waals surface area (Å²) in [5, 5.41) is 2.89. The summed E-state index contributed by atoms with van der Waals surface area (Å²) in [6.07, 6.45) is 4.06. The van der Waals surface area contributed by atoms with E-state index >= 15 is 0 Å². The minimum atomic E-state index is 0.0445. The van der Waals surface area contributed by atoms with Gasteiger partial charge < -0.3 is 11.1 Å². The van der Waals surface area contributed by atoms with Gasteiger partial charge in [-0.3, -0.25) is 4.79 Å². The average molecular weight is 170 g/mol. The molecule has 3 N–H and O–H groups in total. The predicted molar refractivity (Wildman–Crippen MR) is 48.6 cm³/mol. The quantitative estimate of drug-likeness (QED) is 0.639. The number of hydrogen-bond acceptors (Lipinski definition) is 2. The molecule has 0 spiro atoms.